The SMILES string of the molecule is COc1cc(C(=O)OCC2OC(Oc3c(CCCN=C(N)N)cc(C(=O)O)cc3OC)C(O)C(O)C2O)cc(OCCc2ccccc2)c1O. The summed E-state index contributed by atoms with van der Waals surface area (Å²) in [7, 11) is 2.59. The van der Waals surface area contributed by atoms with Gasteiger partial charge in [0.25, 0.3) is 0 Å². The number of carboxylic acid groups (broad SMARTS) is 1. The molecule has 9 N–H and O–H groups in total. The Morgan fingerprint density at radius 2 is 1.56 bits per heavy atom. The Balaban J connectivity index is 1.49. The van der Waals surface area contributed by atoms with E-state index in [2.05, 4.69) is 4.99 Å². The third-order valence-electron chi connectivity index (χ3n) is 7.77. The maximum Gasteiger partial charge on any atom is 0.338 e. The first-order chi connectivity index (χ1) is 23.9. The minimum absolute atomic E-state index is 0.00145. The van der Waals surface area contributed by atoms with Gasteiger partial charge in [0.2, 0.25) is 12.0 Å². The van der Waals surface area contributed by atoms with Crippen LogP contribution >= 0.6 is 0 Å². The molecule has 16 heteroatoms. The van der Waals surface area contributed by atoms with E-state index in [1.54, 1.807) is 0 Å². The zero-order chi connectivity index (χ0) is 36.4. The third kappa shape index (κ3) is 9.44. The van der Waals surface area contributed by atoms with E-state index in [1.165, 1.54) is 38.5 Å². The smallest absolute Gasteiger partial charge is 0.338 e. The first-order valence-corrected chi connectivity index (χ1v) is 15.5. The van der Waals surface area contributed by atoms with Crippen molar-refractivity contribution in [2.24, 2.45) is 16.5 Å². The third-order valence-corrected chi connectivity index (χ3v) is 7.77. The average Bonchev–Trinajstić information content (AvgIpc) is 3.10. The van der Waals surface area contributed by atoms with Gasteiger partial charge in [0.05, 0.1) is 32.0 Å². The van der Waals surface area contributed by atoms with E-state index in [4.69, 9.17) is 39.9 Å². The number of esters is 1. The highest BCUT2D eigenvalue weighted by Crippen LogP contribution is 2.39. The zero-order valence-corrected chi connectivity index (χ0v) is 27.4. The second-order valence-electron chi connectivity index (χ2n) is 11.2. The molecule has 16 nitrogen and oxygen atoms in total. The number of guanidine groups is 1. The lowest BCUT2D eigenvalue weighted by molar-refractivity contribution is -0.277. The maximum atomic E-state index is 13.1. The lowest BCUT2D eigenvalue weighted by Gasteiger charge is -2.40. The number of aromatic hydroxyl groups is 1. The van der Waals surface area contributed by atoms with Crippen LogP contribution in [-0.2, 0) is 22.3 Å². The van der Waals surface area contributed by atoms with Gasteiger partial charge in [-0.1, -0.05) is 30.3 Å². The molecule has 0 aliphatic carbocycles. The van der Waals surface area contributed by atoms with Crippen molar-refractivity contribution in [2.75, 3.05) is 34.0 Å². The van der Waals surface area contributed by atoms with Gasteiger partial charge < -0.3 is 65.4 Å². The largest absolute Gasteiger partial charge is 0.502 e. The Morgan fingerprint density at radius 1 is 0.880 bits per heavy atom. The van der Waals surface area contributed by atoms with Crippen molar-refractivity contribution in [3.05, 3.63) is 76.9 Å². The number of phenolic OH excluding ortho intramolecular Hbond substituents is 1. The molecule has 1 saturated heterocycles. The lowest BCUT2D eigenvalue weighted by atomic mass is 9.99. The fourth-order valence-electron chi connectivity index (χ4n) is 5.13. The van der Waals surface area contributed by atoms with Crippen LogP contribution in [0.25, 0.3) is 0 Å². The number of aromatic carboxylic acids is 1. The van der Waals surface area contributed by atoms with E-state index in [0.29, 0.717) is 18.4 Å². The highest BCUT2D eigenvalue weighted by Gasteiger charge is 2.46. The Bertz CT molecular complexity index is 1650. The van der Waals surface area contributed by atoms with Crippen LogP contribution in [0, 0.1) is 0 Å². The molecule has 50 heavy (non-hydrogen) atoms. The maximum absolute atomic E-state index is 13.1. The standard InChI is InChI=1S/C34H41N3O13/c1-45-22-15-21(16-23(26(22)38)47-12-10-18-7-4-3-5-8-18)32(44)48-17-25-27(39)28(40)29(41)33(49-25)50-30-19(9-6-11-37-34(35)36)13-20(31(42)43)14-24(30)46-2/h3-5,7-8,13-16,25,27-29,33,38-41H,6,9-12,17H2,1-2H3,(H,42,43)(H4,35,36,37). The summed E-state index contributed by atoms with van der Waals surface area (Å²) in [4.78, 5) is 28.8. The van der Waals surface area contributed by atoms with E-state index in [1.807, 2.05) is 30.3 Å². The Morgan fingerprint density at radius 3 is 2.22 bits per heavy atom. The van der Waals surface area contributed by atoms with Crippen LogP contribution in [-0.4, -0.2) is 108 Å². The fourth-order valence-corrected chi connectivity index (χ4v) is 5.13. The average molecular weight is 700 g/mol. The van der Waals surface area contributed by atoms with Crippen molar-refractivity contribution < 1.29 is 63.5 Å². The van der Waals surface area contributed by atoms with Crippen molar-refractivity contribution in [2.45, 2.75) is 50.0 Å². The molecule has 3 aromatic rings. The van der Waals surface area contributed by atoms with Crippen LogP contribution in [0.1, 0.15) is 38.3 Å². The molecule has 1 aliphatic rings. The van der Waals surface area contributed by atoms with Gasteiger partial charge in [0.15, 0.2) is 29.0 Å². The van der Waals surface area contributed by atoms with Gasteiger partial charge in [-0.15, -0.1) is 0 Å². The number of carbonyl (C=O) groups excluding carboxylic acids is 1. The molecule has 5 atom stereocenters. The quantitative estimate of drug-likeness (QED) is 0.0476. The minimum atomic E-state index is -1.80. The van der Waals surface area contributed by atoms with Crippen LogP contribution in [0.15, 0.2) is 59.6 Å². The normalized spacial score (nSPS) is 20.0. The van der Waals surface area contributed by atoms with Crippen molar-refractivity contribution in [3.63, 3.8) is 0 Å². The molecule has 1 aliphatic heterocycles. The Labute approximate surface area is 287 Å². The summed E-state index contributed by atoms with van der Waals surface area (Å²) in [6, 6.07) is 14.6. The first kappa shape index (κ1) is 37.5. The van der Waals surface area contributed by atoms with Gasteiger partial charge in [-0.2, -0.15) is 0 Å². The topological polar surface area (TPSA) is 255 Å². The van der Waals surface area contributed by atoms with Gasteiger partial charge in [-0.25, -0.2) is 9.59 Å². The van der Waals surface area contributed by atoms with Gasteiger partial charge in [-0.05, 0) is 48.2 Å². The van der Waals surface area contributed by atoms with Crippen molar-refractivity contribution in [3.8, 4) is 28.7 Å². The van der Waals surface area contributed by atoms with E-state index in [9.17, 15) is 35.1 Å². The number of nitrogens with zero attached hydrogens (tertiary/aromatic N) is 1. The molecular weight excluding hydrogens is 658 g/mol. The van der Waals surface area contributed by atoms with Gasteiger partial charge in [0.1, 0.15) is 31.0 Å². The highest BCUT2D eigenvalue weighted by atomic mass is 16.7. The summed E-state index contributed by atoms with van der Waals surface area (Å²) in [6.45, 7) is -0.196. The molecule has 3 aromatic carbocycles. The number of aliphatic hydroxyl groups excluding tert-OH is 3. The van der Waals surface area contributed by atoms with Crippen LogP contribution < -0.4 is 30.4 Å². The zero-order valence-electron chi connectivity index (χ0n) is 27.4. The van der Waals surface area contributed by atoms with E-state index >= 15 is 0 Å². The van der Waals surface area contributed by atoms with Crippen LogP contribution in [0.4, 0.5) is 0 Å². The number of aryl methyl sites for hydroxylation is 1. The molecular formula is C34H41N3O13. The number of aliphatic imine (C=N–C) groups is 1. The molecule has 0 aromatic heterocycles. The second-order valence-corrected chi connectivity index (χ2v) is 11.2. The number of hydrogen-bond acceptors (Lipinski definition) is 13. The molecule has 0 spiro atoms. The number of rotatable bonds is 16. The monoisotopic (exact) mass is 699 g/mol. The number of ether oxygens (including phenoxy) is 6. The predicted molar refractivity (Wildman–Crippen MR) is 177 cm³/mol. The Kier molecular flexibility index (Phi) is 13.1. The van der Waals surface area contributed by atoms with Crippen LogP contribution in [0.2, 0.25) is 0 Å². The number of aliphatic hydroxyl groups is 3. The minimum Gasteiger partial charge on any atom is -0.502 e. The number of benzene rings is 3. The summed E-state index contributed by atoms with van der Waals surface area (Å²) in [5.74, 6) is -2.65. The Hall–Kier alpha value is -5.29. The van der Waals surface area contributed by atoms with Crippen LogP contribution in [0.3, 0.4) is 0 Å². The summed E-state index contributed by atoms with van der Waals surface area (Å²) in [5, 5.41) is 52.3. The van der Waals surface area contributed by atoms with E-state index < -0.39 is 49.3 Å². The van der Waals surface area contributed by atoms with Gasteiger partial charge >= 0.3 is 11.9 Å². The molecule has 0 amide bonds. The molecule has 0 radical (unpaired) electrons. The molecule has 4 rings (SSSR count). The van der Waals surface area contributed by atoms with Crippen molar-refractivity contribution in [1.29, 1.82) is 0 Å². The molecule has 270 valence electrons. The lowest BCUT2D eigenvalue weighted by Crippen LogP contribution is -2.60. The van der Waals surface area contributed by atoms with Crippen molar-refractivity contribution in [1.82, 2.24) is 0 Å². The number of nitrogens with two attached hydrogens (primary N) is 2. The second kappa shape index (κ2) is 17.4. The molecule has 5 unspecified atom stereocenters. The number of phenols is 1. The van der Waals surface area contributed by atoms with Crippen molar-refractivity contribution >= 4 is 17.9 Å². The summed E-state index contributed by atoms with van der Waals surface area (Å²) in [6.07, 6.45) is -7.20. The molecule has 0 saturated carbocycles. The number of carbonyl (C=O) groups is 2. The molecule has 1 heterocycles. The number of methoxy groups -OCH3 is 2. The predicted octanol–water partition coefficient (Wildman–Crippen LogP) is 0.979. The van der Waals surface area contributed by atoms with Gasteiger partial charge in [0, 0.05) is 13.0 Å². The summed E-state index contributed by atoms with van der Waals surface area (Å²) >= 11 is 0. The van der Waals surface area contributed by atoms with E-state index in [-0.39, 0.29) is 65.4 Å². The first-order valence-electron chi connectivity index (χ1n) is 15.5. The number of carboxylic acids is 1. The van der Waals surface area contributed by atoms with Gasteiger partial charge in [-0.3, -0.25) is 4.99 Å². The fraction of sp³-hybridized carbons (Fsp3) is 0.382. The summed E-state index contributed by atoms with van der Waals surface area (Å²) in [5.41, 5.74) is 12.0. The van der Waals surface area contributed by atoms with E-state index in [0.717, 1.165) is 5.56 Å². The molecule has 1 fully saturated rings. The highest BCUT2D eigenvalue weighted by molar-refractivity contribution is 5.91. The number of hydrogen-bond donors (Lipinski definition) is 7. The van der Waals surface area contributed by atoms with Crippen LogP contribution in [0.5, 0.6) is 28.7 Å². The summed E-state index contributed by atoms with van der Waals surface area (Å²) < 4.78 is 33.4. The molecule has 0 bridgehead atoms.